The first kappa shape index (κ1) is 22.6. The van der Waals surface area contributed by atoms with Crippen LogP contribution in [0, 0.1) is 12.7 Å². The first-order valence-corrected chi connectivity index (χ1v) is 12.2. The summed E-state index contributed by atoms with van der Waals surface area (Å²) in [6.45, 7) is 1.49. The molecule has 0 saturated carbocycles. The van der Waals surface area contributed by atoms with E-state index in [0.717, 1.165) is 9.35 Å². The van der Waals surface area contributed by atoms with Crippen molar-refractivity contribution in [2.75, 3.05) is 18.1 Å². The number of amides is 2. The number of aromatic nitrogens is 2. The largest absolute Gasteiger partial charge is 0.484 e. The number of aryl methyl sites for hydroxylation is 1. The molecule has 9 nitrogen and oxygen atoms in total. The van der Waals surface area contributed by atoms with E-state index >= 15 is 0 Å². The third kappa shape index (κ3) is 4.74. The van der Waals surface area contributed by atoms with Gasteiger partial charge in [-0.05, 0) is 36.8 Å². The maximum atomic E-state index is 12.9. The fraction of sp³-hybridized carbons (Fsp3) is 0.316. The zero-order valence-electron chi connectivity index (χ0n) is 16.6. The lowest BCUT2D eigenvalue weighted by atomic mass is 10.0. The number of halogens is 1. The minimum Gasteiger partial charge on any atom is -0.484 e. The molecule has 1 fully saturated rings. The van der Waals surface area contributed by atoms with Crippen LogP contribution in [-0.2, 0) is 14.4 Å². The smallest absolute Gasteiger partial charge is 0.352 e. The van der Waals surface area contributed by atoms with Gasteiger partial charge in [-0.3, -0.25) is 14.5 Å². The normalized spacial score (nSPS) is 19.9. The van der Waals surface area contributed by atoms with Crippen molar-refractivity contribution in [1.29, 1.82) is 0 Å². The van der Waals surface area contributed by atoms with Gasteiger partial charge in [0.05, 0.1) is 0 Å². The molecule has 32 heavy (non-hydrogen) atoms. The van der Waals surface area contributed by atoms with E-state index in [1.165, 1.54) is 64.0 Å². The monoisotopic (exact) mass is 496 g/mol. The Hall–Kier alpha value is -2.64. The van der Waals surface area contributed by atoms with Crippen molar-refractivity contribution in [3.63, 3.8) is 0 Å². The van der Waals surface area contributed by atoms with E-state index in [0.29, 0.717) is 22.8 Å². The van der Waals surface area contributed by atoms with Gasteiger partial charge in [0.15, 0.2) is 10.9 Å². The number of hydrogen-bond donors (Lipinski definition) is 2. The number of thioether (sulfide) groups is 2. The third-order valence-electron chi connectivity index (χ3n) is 4.63. The van der Waals surface area contributed by atoms with Crippen LogP contribution < -0.4 is 10.1 Å². The van der Waals surface area contributed by atoms with Crippen molar-refractivity contribution in [1.82, 2.24) is 20.4 Å². The van der Waals surface area contributed by atoms with Crippen LogP contribution in [0.1, 0.15) is 5.01 Å². The van der Waals surface area contributed by atoms with Crippen molar-refractivity contribution in [3.8, 4) is 5.75 Å². The van der Waals surface area contributed by atoms with Crippen LogP contribution in [0.25, 0.3) is 0 Å². The number of aliphatic carboxylic acids is 1. The Morgan fingerprint density at radius 2 is 2.09 bits per heavy atom. The van der Waals surface area contributed by atoms with E-state index in [1.807, 2.05) is 6.92 Å². The third-order valence-corrected chi connectivity index (χ3v) is 8.03. The fourth-order valence-corrected chi connectivity index (χ4v) is 6.48. The summed E-state index contributed by atoms with van der Waals surface area (Å²) in [6.07, 6.45) is 0. The highest BCUT2D eigenvalue weighted by Crippen LogP contribution is 2.41. The lowest BCUT2D eigenvalue weighted by molar-refractivity contribution is -0.150. The Morgan fingerprint density at radius 1 is 1.34 bits per heavy atom. The summed E-state index contributed by atoms with van der Waals surface area (Å²) < 4.78 is 19.0. The van der Waals surface area contributed by atoms with Gasteiger partial charge < -0.3 is 15.2 Å². The second-order valence-corrected chi connectivity index (χ2v) is 10.3. The van der Waals surface area contributed by atoms with Crippen LogP contribution in [0.5, 0.6) is 5.75 Å². The first-order chi connectivity index (χ1) is 15.3. The minimum atomic E-state index is -1.18. The molecule has 0 spiro atoms. The number of carbonyl (C=O) groups excluding carboxylic acids is 2. The van der Waals surface area contributed by atoms with E-state index in [1.54, 1.807) is 0 Å². The van der Waals surface area contributed by atoms with Gasteiger partial charge in [0, 0.05) is 11.5 Å². The molecule has 0 aliphatic carbocycles. The zero-order valence-corrected chi connectivity index (χ0v) is 19.1. The van der Waals surface area contributed by atoms with Crippen LogP contribution in [-0.4, -0.2) is 67.5 Å². The van der Waals surface area contributed by atoms with E-state index in [2.05, 4.69) is 15.5 Å². The van der Waals surface area contributed by atoms with Gasteiger partial charge in [-0.15, -0.1) is 22.0 Å². The van der Waals surface area contributed by atoms with E-state index in [4.69, 9.17) is 4.74 Å². The first-order valence-electron chi connectivity index (χ1n) is 9.34. The highest BCUT2D eigenvalue weighted by atomic mass is 32.2. The molecule has 1 aromatic heterocycles. The number of ether oxygens (including phenoxy) is 1. The maximum absolute atomic E-state index is 12.9. The molecule has 2 aromatic rings. The SMILES string of the molecule is Cc1nnc(SCC2=C(C(=O)O)N3C(=O)[C@@H](NC(=O)COc4ccc(F)cc4)[C@@H]3SC2)s1. The summed E-state index contributed by atoms with van der Waals surface area (Å²) in [7, 11) is 0. The summed E-state index contributed by atoms with van der Waals surface area (Å²) >= 11 is 4.19. The standard InChI is InChI=1S/C19H17FN4O5S3/c1-9-22-23-19(32-9)31-8-10-7-30-17-14(16(26)24(17)15(10)18(27)28)21-13(25)6-29-12-4-2-11(20)3-5-12/h2-5,14,17H,6-8H2,1H3,(H,21,25)(H,27,28)/t14-,17+/m1/s1. The number of β-lactam (4-membered cyclic amide) rings is 1. The minimum absolute atomic E-state index is 0.0412. The number of benzene rings is 1. The van der Waals surface area contributed by atoms with Crippen molar-refractivity contribution in [2.24, 2.45) is 0 Å². The number of carbonyl (C=O) groups is 3. The molecule has 2 aliphatic heterocycles. The molecular formula is C19H17FN4O5S3. The van der Waals surface area contributed by atoms with E-state index in [-0.39, 0.29) is 12.3 Å². The predicted octanol–water partition coefficient (Wildman–Crippen LogP) is 1.90. The quantitative estimate of drug-likeness (QED) is 0.417. The molecule has 168 valence electrons. The second kappa shape index (κ2) is 9.46. The van der Waals surface area contributed by atoms with Gasteiger partial charge in [0.1, 0.15) is 33.7 Å². The molecule has 2 aliphatic rings. The molecule has 4 rings (SSSR count). The fourth-order valence-electron chi connectivity index (χ4n) is 3.17. The van der Waals surface area contributed by atoms with Gasteiger partial charge in [-0.1, -0.05) is 23.1 Å². The van der Waals surface area contributed by atoms with Crippen molar-refractivity contribution in [3.05, 3.63) is 46.4 Å². The van der Waals surface area contributed by atoms with Crippen LogP contribution >= 0.6 is 34.9 Å². The molecular weight excluding hydrogens is 479 g/mol. The Balaban J connectivity index is 1.37. The van der Waals surface area contributed by atoms with Crippen molar-refractivity contribution in [2.45, 2.75) is 22.7 Å². The van der Waals surface area contributed by atoms with Gasteiger partial charge >= 0.3 is 5.97 Å². The molecule has 13 heteroatoms. The Kier molecular flexibility index (Phi) is 6.67. The molecule has 2 atom stereocenters. The summed E-state index contributed by atoms with van der Waals surface area (Å²) in [5, 5.41) is 20.6. The number of fused-ring (bicyclic) bond motifs is 1. The van der Waals surface area contributed by atoms with Gasteiger partial charge in [-0.25, -0.2) is 9.18 Å². The lowest BCUT2D eigenvalue weighted by Crippen LogP contribution is -2.70. The number of carboxylic acid groups (broad SMARTS) is 1. The Bertz CT molecular complexity index is 1090. The molecule has 2 amide bonds. The highest BCUT2D eigenvalue weighted by Gasteiger charge is 2.54. The number of rotatable bonds is 8. The summed E-state index contributed by atoms with van der Waals surface area (Å²) in [4.78, 5) is 38.0. The molecule has 1 aromatic carbocycles. The number of carboxylic acids is 1. The van der Waals surface area contributed by atoms with E-state index in [9.17, 15) is 23.9 Å². The van der Waals surface area contributed by atoms with Gasteiger partial charge in [0.25, 0.3) is 11.8 Å². The lowest BCUT2D eigenvalue weighted by Gasteiger charge is -2.49. The van der Waals surface area contributed by atoms with Crippen molar-refractivity contribution < 1.29 is 28.6 Å². The highest BCUT2D eigenvalue weighted by molar-refractivity contribution is 8.01. The number of hydrogen-bond acceptors (Lipinski definition) is 9. The average Bonchev–Trinajstić information content (AvgIpc) is 3.19. The average molecular weight is 497 g/mol. The molecule has 3 heterocycles. The maximum Gasteiger partial charge on any atom is 0.352 e. The van der Waals surface area contributed by atoms with Crippen LogP contribution in [0.4, 0.5) is 4.39 Å². The van der Waals surface area contributed by atoms with Crippen molar-refractivity contribution >= 4 is 52.6 Å². The van der Waals surface area contributed by atoms with Crippen LogP contribution in [0.2, 0.25) is 0 Å². The second-order valence-electron chi connectivity index (χ2n) is 6.83. The Labute approximate surface area is 194 Å². The number of nitrogens with one attached hydrogen (secondary N) is 1. The summed E-state index contributed by atoms with van der Waals surface area (Å²) in [5.41, 5.74) is 0.579. The Morgan fingerprint density at radius 3 is 2.75 bits per heavy atom. The summed E-state index contributed by atoms with van der Waals surface area (Å²) in [5.74, 6) is -1.50. The number of nitrogens with zero attached hydrogens (tertiary/aromatic N) is 3. The van der Waals surface area contributed by atoms with Crippen LogP contribution in [0.15, 0.2) is 39.9 Å². The molecule has 0 bridgehead atoms. The molecule has 0 unspecified atom stereocenters. The summed E-state index contributed by atoms with van der Waals surface area (Å²) in [6, 6.07) is 4.37. The zero-order chi connectivity index (χ0) is 22.8. The van der Waals surface area contributed by atoms with E-state index < -0.39 is 35.0 Å². The molecule has 2 N–H and O–H groups in total. The molecule has 0 radical (unpaired) electrons. The topological polar surface area (TPSA) is 122 Å². The van der Waals surface area contributed by atoms with Gasteiger partial charge in [-0.2, -0.15) is 0 Å². The van der Waals surface area contributed by atoms with Crippen LogP contribution in [0.3, 0.4) is 0 Å². The predicted molar refractivity (Wildman–Crippen MR) is 117 cm³/mol. The van der Waals surface area contributed by atoms with Gasteiger partial charge in [0.2, 0.25) is 0 Å². The molecule has 1 saturated heterocycles.